The second-order valence-corrected chi connectivity index (χ2v) is 7.87. The van der Waals surface area contributed by atoms with Crippen LogP contribution < -0.4 is 16.0 Å². The lowest BCUT2D eigenvalue weighted by Gasteiger charge is -2.24. The molecule has 0 spiro atoms. The van der Waals surface area contributed by atoms with Gasteiger partial charge in [-0.15, -0.1) is 11.3 Å². The van der Waals surface area contributed by atoms with E-state index in [-0.39, 0.29) is 11.8 Å². The molecular weight excluding hydrogens is 358 g/mol. The van der Waals surface area contributed by atoms with Crippen molar-refractivity contribution >= 4 is 28.9 Å². The van der Waals surface area contributed by atoms with Crippen molar-refractivity contribution in [2.24, 2.45) is 10.9 Å². The molecule has 0 aliphatic heterocycles. The maximum Gasteiger partial charge on any atom is 0.227 e. The topological polar surface area (TPSA) is 78.4 Å². The Morgan fingerprint density at radius 3 is 2.78 bits per heavy atom. The number of guanidine groups is 1. The summed E-state index contributed by atoms with van der Waals surface area (Å²) in [5.74, 6) is 1.06. The molecule has 7 heteroatoms. The molecule has 144 valence electrons. The SMILES string of the molecule is CCc1cnc(CNC(=NC)NCc2cccc(NC(=O)C3CCC3)c2)s1. The van der Waals surface area contributed by atoms with E-state index >= 15 is 0 Å². The van der Waals surface area contributed by atoms with E-state index in [1.165, 1.54) is 4.88 Å². The van der Waals surface area contributed by atoms with Crippen LogP contribution in [0.15, 0.2) is 35.5 Å². The quantitative estimate of drug-likeness (QED) is 0.505. The predicted molar refractivity (Wildman–Crippen MR) is 111 cm³/mol. The van der Waals surface area contributed by atoms with Crippen LogP contribution in [0.3, 0.4) is 0 Å². The molecule has 1 amide bonds. The molecule has 1 aliphatic carbocycles. The van der Waals surface area contributed by atoms with Crippen molar-refractivity contribution in [2.75, 3.05) is 12.4 Å². The first-order valence-corrected chi connectivity index (χ1v) is 10.3. The summed E-state index contributed by atoms with van der Waals surface area (Å²) < 4.78 is 0. The Morgan fingerprint density at radius 1 is 1.30 bits per heavy atom. The van der Waals surface area contributed by atoms with E-state index in [0.717, 1.165) is 47.9 Å². The summed E-state index contributed by atoms with van der Waals surface area (Å²) in [5.41, 5.74) is 1.94. The molecule has 0 bridgehead atoms. The van der Waals surface area contributed by atoms with Gasteiger partial charge in [0.05, 0.1) is 6.54 Å². The number of amides is 1. The van der Waals surface area contributed by atoms with Gasteiger partial charge in [-0.2, -0.15) is 0 Å². The van der Waals surface area contributed by atoms with Crippen molar-refractivity contribution in [1.82, 2.24) is 15.6 Å². The van der Waals surface area contributed by atoms with Gasteiger partial charge in [-0.05, 0) is 37.0 Å². The van der Waals surface area contributed by atoms with E-state index in [1.807, 2.05) is 30.5 Å². The highest BCUT2D eigenvalue weighted by molar-refractivity contribution is 7.11. The molecule has 0 saturated heterocycles. The number of aryl methyl sites for hydroxylation is 1. The highest BCUT2D eigenvalue weighted by atomic mass is 32.1. The summed E-state index contributed by atoms with van der Waals surface area (Å²) in [4.78, 5) is 22.1. The first-order chi connectivity index (χ1) is 13.2. The first kappa shape index (κ1) is 19.4. The molecule has 0 radical (unpaired) electrons. The van der Waals surface area contributed by atoms with Gasteiger partial charge in [0.15, 0.2) is 5.96 Å². The number of aromatic nitrogens is 1. The molecule has 1 heterocycles. The Kier molecular flexibility index (Phi) is 6.81. The van der Waals surface area contributed by atoms with Crippen LogP contribution in [0.5, 0.6) is 0 Å². The molecule has 1 fully saturated rings. The minimum Gasteiger partial charge on any atom is -0.352 e. The second-order valence-electron chi connectivity index (χ2n) is 6.67. The monoisotopic (exact) mass is 385 g/mol. The Morgan fingerprint density at radius 2 is 2.11 bits per heavy atom. The summed E-state index contributed by atoms with van der Waals surface area (Å²) in [6.45, 7) is 3.42. The Labute approximate surface area is 164 Å². The number of carbonyl (C=O) groups is 1. The molecular formula is C20H27N5OS. The zero-order valence-corrected chi connectivity index (χ0v) is 16.7. The minimum atomic E-state index is 0.138. The fourth-order valence-corrected chi connectivity index (χ4v) is 3.63. The molecule has 0 atom stereocenters. The molecule has 1 aliphatic rings. The molecule has 1 aromatic heterocycles. The summed E-state index contributed by atoms with van der Waals surface area (Å²) in [7, 11) is 1.75. The van der Waals surface area contributed by atoms with E-state index < -0.39 is 0 Å². The summed E-state index contributed by atoms with van der Waals surface area (Å²) in [6, 6.07) is 7.94. The number of rotatable bonds is 7. The number of hydrogen-bond acceptors (Lipinski definition) is 4. The predicted octanol–water partition coefficient (Wildman–Crippen LogP) is 3.31. The smallest absolute Gasteiger partial charge is 0.227 e. The number of hydrogen-bond donors (Lipinski definition) is 3. The third-order valence-electron chi connectivity index (χ3n) is 4.71. The van der Waals surface area contributed by atoms with Crippen molar-refractivity contribution in [3.8, 4) is 0 Å². The fourth-order valence-electron chi connectivity index (χ4n) is 2.83. The van der Waals surface area contributed by atoms with Gasteiger partial charge < -0.3 is 16.0 Å². The van der Waals surface area contributed by atoms with E-state index in [2.05, 4.69) is 32.9 Å². The number of thiazole rings is 1. The zero-order chi connectivity index (χ0) is 19.1. The van der Waals surface area contributed by atoms with Crippen LogP contribution in [-0.2, 0) is 24.3 Å². The van der Waals surface area contributed by atoms with Gasteiger partial charge >= 0.3 is 0 Å². The third-order valence-corrected chi connectivity index (χ3v) is 5.85. The highest BCUT2D eigenvalue weighted by Gasteiger charge is 2.25. The lowest BCUT2D eigenvalue weighted by atomic mass is 9.85. The fraction of sp³-hybridized carbons (Fsp3) is 0.450. The van der Waals surface area contributed by atoms with Crippen molar-refractivity contribution in [3.63, 3.8) is 0 Å². The summed E-state index contributed by atoms with van der Waals surface area (Å²) in [5, 5.41) is 10.7. The van der Waals surface area contributed by atoms with E-state index in [0.29, 0.717) is 13.1 Å². The van der Waals surface area contributed by atoms with Crippen LogP contribution in [0.1, 0.15) is 41.6 Å². The van der Waals surface area contributed by atoms with Crippen LogP contribution in [0.2, 0.25) is 0 Å². The molecule has 1 aromatic carbocycles. The summed E-state index contributed by atoms with van der Waals surface area (Å²) in [6.07, 6.45) is 6.12. The van der Waals surface area contributed by atoms with Gasteiger partial charge in [0, 0.05) is 36.3 Å². The van der Waals surface area contributed by atoms with Gasteiger partial charge in [0.1, 0.15) is 5.01 Å². The summed E-state index contributed by atoms with van der Waals surface area (Å²) >= 11 is 1.72. The number of nitrogens with zero attached hydrogens (tertiary/aromatic N) is 2. The van der Waals surface area contributed by atoms with Gasteiger partial charge in [0.25, 0.3) is 0 Å². The maximum absolute atomic E-state index is 12.1. The van der Waals surface area contributed by atoms with Crippen molar-refractivity contribution in [2.45, 2.75) is 45.7 Å². The van der Waals surface area contributed by atoms with Crippen LogP contribution >= 0.6 is 11.3 Å². The molecule has 0 unspecified atom stereocenters. The highest BCUT2D eigenvalue weighted by Crippen LogP contribution is 2.27. The van der Waals surface area contributed by atoms with E-state index in [1.54, 1.807) is 18.4 Å². The van der Waals surface area contributed by atoms with Gasteiger partial charge in [0.2, 0.25) is 5.91 Å². The number of nitrogens with one attached hydrogen (secondary N) is 3. The van der Waals surface area contributed by atoms with Crippen LogP contribution in [0, 0.1) is 5.92 Å². The molecule has 27 heavy (non-hydrogen) atoms. The van der Waals surface area contributed by atoms with Crippen LogP contribution in [0.25, 0.3) is 0 Å². The zero-order valence-electron chi connectivity index (χ0n) is 15.9. The molecule has 3 rings (SSSR count). The van der Waals surface area contributed by atoms with E-state index in [4.69, 9.17) is 0 Å². The lowest BCUT2D eigenvalue weighted by Crippen LogP contribution is -2.36. The maximum atomic E-state index is 12.1. The molecule has 1 saturated carbocycles. The first-order valence-electron chi connectivity index (χ1n) is 9.46. The number of aliphatic imine (C=N–C) groups is 1. The standard InChI is InChI=1S/C20H27N5OS/c1-3-17-12-22-18(27-17)13-24-20(21-2)23-11-14-6-4-9-16(10-14)25-19(26)15-7-5-8-15/h4,6,9-10,12,15H,3,5,7-8,11,13H2,1-2H3,(H,25,26)(H2,21,23,24). The number of anilines is 1. The average Bonchev–Trinajstić information content (AvgIpc) is 3.09. The van der Waals surface area contributed by atoms with Gasteiger partial charge in [-0.3, -0.25) is 9.79 Å². The molecule has 3 N–H and O–H groups in total. The lowest BCUT2D eigenvalue weighted by molar-refractivity contribution is -0.122. The van der Waals surface area contributed by atoms with E-state index in [9.17, 15) is 4.79 Å². The third kappa shape index (κ3) is 5.53. The van der Waals surface area contributed by atoms with Gasteiger partial charge in [-0.25, -0.2) is 4.98 Å². The Hall–Kier alpha value is -2.41. The largest absolute Gasteiger partial charge is 0.352 e. The minimum absolute atomic E-state index is 0.138. The number of carbonyl (C=O) groups excluding carboxylic acids is 1. The van der Waals surface area contributed by atoms with Crippen LogP contribution in [-0.4, -0.2) is 23.9 Å². The Bertz CT molecular complexity index is 797. The van der Waals surface area contributed by atoms with Crippen molar-refractivity contribution in [1.29, 1.82) is 0 Å². The average molecular weight is 386 g/mol. The van der Waals surface area contributed by atoms with Crippen LogP contribution in [0.4, 0.5) is 5.69 Å². The van der Waals surface area contributed by atoms with Gasteiger partial charge in [-0.1, -0.05) is 25.5 Å². The second kappa shape index (κ2) is 9.50. The number of benzene rings is 1. The normalized spacial score (nSPS) is 14.5. The molecule has 2 aromatic rings. The molecule has 6 nitrogen and oxygen atoms in total. The van der Waals surface area contributed by atoms with Crippen molar-refractivity contribution < 1.29 is 4.79 Å². The van der Waals surface area contributed by atoms with Crippen molar-refractivity contribution in [3.05, 3.63) is 45.9 Å². The Balaban J connectivity index is 1.48.